The molecule has 0 bridgehead atoms. The van der Waals surface area contributed by atoms with Gasteiger partial charge in [0.05, 0.1) is 6.61 Å². The number of ether oxygens (including phenoxy) is 1. The maximum absolute atomic E-state index is 5.19. The predicted molar refractivity (Wildman–Crippen MR) is 75.3 cm³/mol. The van der Waals surface area contributed by atoms with Gasteiger partial charge in [0.2, 0.25) is 0 Å². The Hall–Kier alpha value is -0.390. The highest BCUT2D eigenvalue weighted by atomic mass is 32.1. The third-order valence-electron chi connectivity index (χ3n) is 3.19. The molecule has 0 aromatic carbocycles. The zero-order valence-electron chi connectivity index (χ0n) is 11.2. The van der Waals surface area contributed by atoms with Crippen LogP contribution < -0.4 is 10.6 Å². The van der Waals surface area contributed by atoms with E-state index in [1.165, 1.54) is 19.5 Å². The number of hydrogen-bond donors (Lipinski definition) is 2. The number of rotatable bonds is 6. The number of nitrogens with one attached hydrogen (secondary N) is 2. The second kappa shape index (κ2) is 7.84. The second-order valence-electron chi connectivity index (χ2n) is 4.87. The van der Waals surface area contributed by atoms with Gasteiger partial charge >= 0.3 is 0 Å². The van der Waals surface area contributed by atoms with Crippen LogP contribution in [0.1, 0.15) is 20.3 Å². The standard InChI is InChI=1S/C12H25N3OS/c1-10(2)15-6-4-11(9-15)8-14-12(17)13-5-7-16-3/h10-11H,4-9H2,1-3H3,(H2,13,14,17). The van der Waals surface area contributed by atoms with Crippen molar-refractivity contribution in [2.24, 2.45) is 5.92 Å². The van der Waals surface area contributed by atoms with Gasteiger partial charge in [0.25, 0.3) is 0 Å². The van der Waals surface area contributed by atoms with Crippen LogP contribution in [0.5, 0.6) is 0 Å². The lowest BCUT2D eigenvalue weighted by atomic mass is 10.1. The van der Waals surface area contributed by atoms with Crippen LogP contribution in [0.4, 0.5) is 0 Å². The summed E-state index contributed by atoms with van der Waals surface area (Å²) in [5.74, 6) is 0.722. The van der Waals surface area contributed by atoms with Crippen molar-refractivity contribution in [1.82, 2.24) is 15.5 Å². The van der Waals surface area contributed by atoms with E-state index in [-0.39, 0.29) is 0 Å². The number of likely N-dealkylation sites (tertiary alicyclic amines) is 1. The summed E-state index contributed by atoms with van der Waals surface area (Å²) in [7, 11) is 1.69. The van der Waals surface area contributed by atoms with Crippen molar-refractivity contribution >= 4 is 17.3 Å². The molecule has 0 spiro atoms. The van der Waals surface area contributed by atoms with Crippen molar-refractivity contribution in [3.8, 4) is 0 Å². The van der Waals surface area contributed by atoms with Crippen LogP contribution in [0.15, 0.2) is 0 Å². The number of methoxy groups -OCH3 is 1. The summed E-state index contributed by atoms with van der Waals surface area (Å²) >= 11 is 5.19. The molecule has 4 nitrogen and oxygen atoms in total. The minimum atomic E-state index is 0.659. The molecule has 0 saturated carbocycles. The van der Waals surface area contributed by atoms with Gasteiger partial charge in [0.15, 0.2) is 5.11 Å². The van der Waals surface area contributed by atoms with Crippen molar-refractivity contribution in [2.75, 3.05) is 39.9 Å². The molecule has 1 unspecified atom stereocenters. The first-order valence-electron chi connectivity index (χ1n) is 6.38. The van der Waals surface area contributed by atoms with E-state index in [2.05, 4.69) is 29.4 Å². The first-order chi connectivity index (χ1) is 8.13. The molecule has 0 amide bonds. The molecule has 100 valence electrons. The lowest BCUT2D eigenvalue weighted by Crippen LogP contribution is -2.40. The first-order valence-corrected chi connectivity index (χ1v) is 6.79. The maximum Gasteiger partial charge on any atom is 0.166 e. The van der Waals surface area contributed by atoms with Crippen LogP contribution in [-0.4, -0.2) is 55.9 Å². The van der Waals surface area contributed by atoms with Gasteiger partial charge in [-0.25, -0.2) is 0 Å². The van der Waals surface area contributed by atoms with Crippen molar-refractivity contribution in [1.29, 1.82) is 0 Å². The maximum atomic E-state index is 5.19. The largest absolute Gasteiger partial charge is 0.383 e. The zero-order valence-corrected chi connectivity index (χ0v) is 12.0. The minimum absolute atomic E-state index is 0.659. The smallest absolute Gasteiger partial charge is 0.166 e. The Balaban J connectivity index is 2.09. The molecule has 0 aromatic heterocycles. The van der Waals surface area contributed by atoms with Gasteiger partial charge in [0, 0.05) is 32.8 Å². The molecule has 1 aliphatic rings. The Morgan fingerprint density at radius 1 is 1.47 bits per heavy atom. The van der Waals surface area contributed by atoms with Crippen molar-refractivity contribution in [2.45, 2.75) is 26.3 Å². The highest BCUT2D eigenvalue weighted by Gasteiger charge is 2.23. The molecular weight excluding hydrogens is 234 g/mol. The van der Waals surface area contributed by atoms with Crippen molar-refractivity contribution in [3.63, 3.8) is 0 Å². The number of thiocarbonyl (C=S) groups is 1. The molecule has 0 aromatic rings. The Labute approximate surface area is 110 Å². The van der Waals surface area contributed by atoms with Crippen LogP contribution in [0.25, 0.3) is 0 Å². The van der Waals surface area contributed by atoms with Gasteiger partial charge in [-0.05, 0) is 44.9 Å². The van der Waals surface area contributed by atoms with Crippen LogP contribution in [-0.2, 0) is 4.74 Å². The number of nitrogens with zero attached hydrogens (tertiary/aromatic N) is 1. The van der Waals surface area contributed by atoms with Gasteiger partial charge in [0.1, 0.15) is 0 Å². The van der Waals surface area contributed by atoms with E-state index in [1.807, 2.05) is 0 Å². The highest BCUT2D eigenvalue weighted by Crippen LogP contribution is 2.17. The number of hydrogen-bond acceptors (Lipinski definition) is 3. The van der Waals surface area contributed by atoms with Gasteiger partial charge in [-0.15, -0.1) is 0 Å². The molecule has 1 fully saturated rings. The molecule has 1 heterocycles. The Bertz CT molecular complexity index is 236. The highest BCUT2D eigenvalue weighted by molar-refractivity contribution is 7.80. The molecule has 1 rings (SSSR count). The average Bonchev–Trinajstić information content (AvgIpc) is 2.75. The van der Waals surface area contributed by atoms with Gasteiger partial charge in [-0.3, -0.25) is 0 Å². The minimum Gasteiger partial charge on any atom is -0.383 e. The summed E-state index contributed by atoms with van der Waals surface area (Å²) in [4.78, 5) is 2.52. The molecule has 0 aliphatic carbocycles. The summed E-state index contributed by atoms with van der Waals surface area (Å²) in [6.45, 7) is 9.35. The molecule has 1 aliphatic heterocycles. The van der Waals surface area contributed by atoms with Crippen LogP contribution in [0.2, 0.25) is 0 Å². The third kappa shape index (κ3) is 5.66. The molecule has 1 saturated heterocycles. The lowest BCUT2D eigenvalue weighted by Gasteiger charge is -2.20. The van der Waals surface area contributed by atoms with E-state index < -0.39 is 0 Å². The van der Waals surface area contributed by atoms with Gasteiger partial charge in [-0.2, -0.15) is 0 Å². The quantitative estimate of drug-likeness (QED) is 0.546. The third-order valence-corrected chi connectivity index (χ3v) is 3.48. The van der Waals surface area contributed by atoms with Gasteiger partial charge in [-0.1, -0.05) is 0 Å². The van der Waals surface area contributed by atoms with E-state index in [1.54, 1.807) is 7.11 Å². The summed E-state index contributed by atoms with van der Waals surface area (Å²) in [5.41, 5.74) is 0. The Morgan fingerprint density at radius 3 is 2.82 bits per heavy atom. The summed E-state index contributed by atoms with van der Waals surface area (Å²) < 4.78 is 4.95. The molecule has 17 heavy (non-hydrogen) atoms. The fourth-order valence-corrected chi connectivity index (χ4v) is 2.25. The van der Waals surface area contributed by atoms with Crippen molar-refractivity contribution in [3.05, 3.63) is 0 Å². The fourth-order valence-electron chi connectivity index (χ4n) is 2.06. The van der Waals surface area contributed by atoms with E-state index in [9.17, 15) is 0 Å². The van der Waals surface area contributed by atoms with E-state index >= 15 is 0 Å². The van der Waals surface area contributed by atoms with Crippen LogP contribution >= 0.6 is 12.2 Å². The molecule has 1 atom stereocenters. The van der Waals surface area contributed by atoms with E-state index in [4.69, 9.17) is 17.0 Å². The van der Waals surface area contributed by atoms with Crippen molar-refractivity contribution < 1.29 is 4.74 Å². The molecule has 5 heteroatoms. The Kier molecular flexibility index (Phi) is 6.77. The molecule has 0 radical (unpaired) electrons. The topological polar surface area (TPSA) is 36.5 Å². The van der Waals surface area contributed by atoms with Crippen LogP contribution in [0, 0.1) is 5.92 Å². The monoisotopic (exact) mass is 259 g/mol. The van der Waals surface area contributed by atoms with Crippen LogP contribution in [0.3, 0.4) is 0 Å². The molecular formula is C12H25N3OS. The first kappa shape index (κ1) is 14.7. The lowest BCUT2D eigenvalue weighted by molar-refractivity contribution is 0.204. The molecule has 2 N–H and O–H groups in total. The SMILES string of the molecule is COCCNC(=S)NCC1CCN(C(C)C)C1. The second-order valence-corrected chi connectivity index (χ2v) is 5.28. The Morgan fingerprint density at radius 2 is 2.24 bits per heavy atom. The van der Waals surface area contributed by atoms with E-state index in [0.29, 0.717) is 12.6 Å². The normalized spacial score (nSPS) is 20.8. The fraction of sp³-hybridized carbons (Fsp3) is 0.917. The predicted octanol–water partition coefficient (Wildman–Crippen LogP) is 0.827. The average molecular weight is 259 g/mol. The summed E-state index contributed by atoms with van der Waals surface area (Å²) in [6, 6.07) is 0.659. The zero-order chi connectivity index (χ0) is 12.7. The summed E-state index contributed by atoms with van der Waals surface area (Å²) in [6.07, 6.45) is 1.27. The van der Waals surface area contributed by atoms with E-state index in [0.717, 1.165) is 24.1 Å². The van der Waals surface area contributed by atoms with Gasteiger partial charge < -0.3 is 20.3 Å². The summed E-state index contributed by atoms with van der Waals surface area (Å²) in [5, 5.41) is 7.15.